The average Bonchev–Trinajstić information content (AvgIpc) is 3.85. The van der Waals surface area contributed by atoms with Crippen LogP contribution in [0.4, 0.5) is 4.79 Å². The molecule has 0 aromatic heterocycles. The molecule has 3 fully saturated rings. The molecule has 4 aliphatic heterocycles. The van der Waals surface area contributed by atoms with Crippen LogP contribution in [-0.4, -0.2) is 112 Å². The summed E-state index contributed by atoms with van der Waals surface area (Å²) in [7, 11) is 0. The summed E-state index contributed by atoms with van der Waals surface area (Å²) in [4.78, 5) is 30.6. The van der Waals surface area contributed by atoms with Crippen molar-refractivity contribution in [1.82, 2.24) is 9.80 Å². The molecule has 0 spiro atoms. The number of ether oxygens (including phenoxy) is 3. The third-order valence-corrected chi connectivity index (χ3v) is 11.2. The van der Waals surface area contributed by atoms with Crippen molar-refractivity contribution in [2.75, 3.05) is 26.2 Å². The Morgan fingerprint density at radius 1 is 1.12 bits per heavy atom. The van der Waals surface area contributed by atoms with Gasteiger partial charge in [0.05, 0.1) is 30.8 Å². The lowest BCUT2D eigenvalue weighted by Gasteiger charge is -2.40. The second-order valence-electron chi connectivity index (χ2n) is 15.5. The zero-order valence-corrected chi connectivity index (χ0v) is 30.8. The van der Waals surface area contributed by atoms with Gasteiger partial charge in [0.2, 0.25) is 0 Å². The van der Waals surface area contributed by atoms with Crippen molar-refractivity contribution in [3.63, 3.8) is 0 Å². The Morgan fingerprint density at radius 3 is 2.49 bits per heavy atom. The average molecular weight is 689 g/mol. The second kappa shape index (κ2) is 18.3. The van der Waals surface area contributed by atoms with Gasteiger partial charge in [-0.1, -0.05) is 58.4 Å². The fourth-order valence-electron chi connectivity index (χ4n) is 7.67. The molecule has 10 unspecified atom stereocenters. The first-order valence-corrected chi connectivity index (χ1v) is 18.9. The minimum atomic E-state index is -1.45. The van der Waals surface area contributed by atoms with Crippen molar-refractivity contribution in [2.45, 2.75) is 154 Å². The molecule has 49 heavy (non-hydrogen) atoms. The van der Waals surface area contributed by atoms with Crippen LogP contribution in [-0.2, 0) is 19.0 Å². The number of hydrogen-bond acceptors (Lipinski definition) is 9. The molecule has 10 atom stereocenters. The topological polar surface area (TPSA) is 132 Å². The smallest absolute Gasteiger partial charge is 0.410 e. The number of amides is 1. The van der Waals surface area contributed by atoms with Crippen molar-refractivity contribution in [1.29, 1.82) is 0 Å². The number of aliphatic hydroxyl groups excluding tert-OH is 2. The van der Waals surface area contributed by atoms with Gasteiger partial charge in [0, 0.05) is 31.0 Å². The standard InChI is InChI=1S/C39H64N2O8/c1-7-32(43)29(5)37-33(47-37)24-26(2)12-11-13-27(3)36-28(4)14-15-34(39(6,46)19-16-31(42)25-35(44)49-36)48-38(45)41-22-17-30(18-23-41)40-20-9-8-10-21-40/h11-15,26,28-34,36-37,42-43,46H,7-10,16-25H2,1-6H3/b12-11+,15-14+,27-13+. The van der Waals surface area contributed by atoms with E-state index in [9.17, 15) is 24.9 Å². The van der Waals surface area contributed by atoms with E-state index in [0.717, 1.165) is 37.9 Å². The first-order chi connectivity index (χ1) is 23.3. The maximum absolute atomic E-state index is 13.4. The fraction of sp³-hybridized carbons (Fsp3) is 0.795. The first-order valence-electron chi connectivity index (χ1n) is 18.9. The van der Waals surface area contributed by atoms with Crippen molar-refractivity contribution >= 4 is 12.1 Å². The van der Waals surface area contributed by atoms with Crippen LogP contribution >= 0.6 is 0 Å². The summed E-state index contributed by atoms with van der Waals surface area (Å²) >= 11 is 0. The third kappa shape index (κ3) is 11.6. The van der Waals surface area contributed by atoms with Crippen LogP contribution in [0.2, 0.25) is 0 Å². The summed E-state index contributed by atoms with van der Waals surface area (Å²) in [6, 6.07) is 0.499. The van der Waals surface area contributed by atoms with Gasteiger partial charge in [-0.3, -0.25) is 4.79 Å². The summed E-state index contributed by atoms with van der Waals surface area (Å²) in [5, 5.41) is 32.3. The van der Waals surface area contributed by atoms with E-state index in [1.165, 1.54) is 19.3 Å². The molecule has 0 aliphatic carbocycles. The highest BCUT2D eigenvalue weighted by Crippen LogP contribution is 2.36. The number of esters is 1. The predicted molar refractivity (Wildman–Crippen MR) is 190 cm³/mol. The lowest BCUT2D eigenvalue weighted by Crippen LogP contribution is -2.50. The molecule has 4 aliphatic rings. The highest BCUT2D eigenvalue weighted by atomic mass is 16.6. The highest BCUT2D eigenvalue weighted by molar-refractivity contribution is 5.70. The normalized spacial score (nSPS) is 35.5. The summed E-state index contributed by atoms with van der Waals surface area (Å²) in [5.74, 6) is -0.429. The lowest BCUT2D eigenvalue weighted by atomic mass is 9.88. The van der Waals surface area contributed by atoms with Crippen LogP contribution in [0.25, 0.3) is 0 Å². The number of carbonyl (C=O) groups excluding carboxylic acids is 2. The van der Waals surface area contributed by atoms with E-state index in [4.69, 9.17) is 14.2 Å². The molecule has 4 rings (SSSR count). The zero-order chi connectivity index (χ0) is 35.7. The molecular weight excluding hydrogens is 624 g/mol. The van der Waals surface area contributed by atoms with E-state index in [0.29, 0.717) is 25.6 Å². The van der Waals surface area contributed by atoms with Crippen LogP contribution in [0.15, 0.2) is 36.0 Å². The number of hydrogen-bond donors (Lipinski definition) is 3. The maximum atomic E-state index is 13.4. The van der Waals surface area contributed by atoms with E-state index in [1.54, 1.807) is 17.9 Å². The summed E-state index contributed by atoms with van der Waals surface area (Å²) in [6.45, 7) is 15.1. The lowest BCUT2D eigenvalue weighted by molar-refractivity contribution is -0.151. The molecule has 0 saturated carbocycles. The molecule has 10 nitrogen and oxygen atoms in total. The highest BCUT2D eigenvalue weighted by Gasteiger charge is 2.45. The van der Waals surface area contributed by atoms with Crippen LogP contribution in [0, 0.1) is 17.8 Å². The van der Waals surface area contributed by atoms with E-state index in [1.807, 2.05) is 45.9 Å². The molecule has 278 valence electrons. The van der Waals surface area contributed by atoms with E-state index >= 15 is 0 Å². The quantitative estimate of drug-likeness (QED) is 0.117. The Balaban J connectivity index is 1.40. The number of allylic oxidation sites excluding steroid dienone is 3. The summed E-state index contributed by atoms with van der Waals surface area (Å²) in [5.41, 5.74) is -0.615. The Hall–Kier alpha value is -2.24. The van der Waals surface area contributed by atoms with E-state index < -0.39 is 36.0 Å². The van der Waals surface area contributed by atoms with Crippen LogP contribution < -0.4 is 0 Å². The van der Waals surface area contributed by atoms with Gasteiger partial charge in [0.25, 0.3) is 0 Å². The first kappa shape index (κ1) is 39.5. The maximum Gasteiger partial charge on any atom is 0.410 e. The molecule has 0 aromatic carbocycles. The van der Waals surface area contributed by atoms with Gasteiger partial charge < -0.3 is 39.3 Å². The molecule has 3 N–H and O–H groups in total. The van der Waals surface area contributed by atoms with Gasteiger partial charge in [-0.15, -0.1) is 0 Å². The molecule has 0 bridgehead atoms. The van der Waals surface area contributed by atoms with E-state index in [2.05, 4.69) is 17.9 Å². The largest absolute Gasteiger partial charge is 0.457 e. The number of carbonyl (C=O) groups is 2. The number of piperidine rings is 2. The SMILES string of the molecule is CCC(O)C(C)C1OC1CC(C)/C=C/C=C(\C)C1OC(=O)CC(O)CCC(C)(O)C(OC(=O)N2CCC(N3CCCCC3)CC2)/C=C/C1C. The van der Waals surface area contributed by atoms with Crippen molar-refractivity contribution in [3.8, 4) is 0 Å². The molecule has 0 aromatic rings. The summed E-state index contributed by atoms with van der Waals surface area (Å²) in [6.07, 6.45) is 13.8. The number of rotatable bonds is 10. The molecule has 1 amide bonds. The third-order valence-electron chi connectivity index (χ3n) is 11.2. The van der Waals surface area contributed by atoms with Crippen molar-refractivity contribution in [2.24, 2.45) is 17.8 Å². The fourth-order valence-corrected chi connectivity index (χ4v) is 7.67. The predicted octanol–water partition coefficient (Wildman–Crippen LogP) is 5.54. The number of nitrogens with zero attached hydrogens (tertiary/aromatic N) is 2. The Kier molecular flexibility index (Phi) is 14.8. The molecule has 4 heterocycles. The number of likely N-dealkylation sites (tertiary alicyclic amines) is 2. The van der Waals surface area contributed by atoms with Crippen LogP contribution in [0.1, 0.15) is 106 Å². The monoisotopic (exact) mass is 688 g/mol. The molecular formula is C39H64N2O8. The number of cyclic esters (lactones) is 1. The molecule has 3 saturated heterocycles. The van der Waals surface area contributed by atoms with Gasteiger partial charge in [-0.2, -0.15) is 0 Å². The second-order valence-corrected chi connectivity index (χ2v) is 15.5. The van der Waals surface area contributed by atoms with Gasteiger partial charge in [-0.25, -0.2) is 4.79 Å². The minimum Gasteiger partial charge on any atom is -0.457 e. The van der Waals surface area contributed by atoms with Crippen molar-refractivity contribution in [3.05, 3.63) is 36.0 Å². The number of epoxide rings is 1. The zero-order valence-electron chi connectivity index (χ0n) is 30.8. The Bertz CT molecular complexity index is 1160. The molecule has 10 heteroatoms. The van der Waals surface area contributed by atoms with Gasteiger partial charge in [-0.05, 0) is 95.9 Å². The number of aliphatic hydroxyl groups is 3. The van der Waals surface area contributed by atoms with Gasteiger partial charge in [0.1, 0.15) is 11.7 Å². The Morgan fingerprint density at radius 2 is 1.82 bits per heavy atom. The molecule has 0 radical (unpaired) electrons. The van der Waals surface area contributed by atoms with Crippen LogP contribution in [0.5, 0.6) is 0 Å². The van der Waals surface area contributed by atoms with E-state index in [-0.39, 0.29) is 55.3 Å². The van der Waals surface area contributed by atoms with Gasteiger partial charge >= 0.3 is 12.1 Å². The van der Waals surface area contributed by atoms with Crippen LogP contribution in [0.3, 0.4) is 0 Å². The van der Waals surface area contributed by atoms with Gasteiger partial charge in [0.15, 0.2) is 6.10 Å². The Labute approximate surface area is 294 Å². The summed E-state index contributed by atoms with van der Waals surface area (Å²) < 4.78 is 17.8. The van der Waals surface area contributed by atoms with Crippen molar-refractivity contribution < 1.29 is 39.1 Å². The minimum absolute atomic E-state index is 0.0993.